The summed E-state index contributed by atoms with van der Waals surface area (Å²) < 4.78 is 0. The number of rotatable bonds is 1. The lowest BCUT2D eigenvalue weighted by Gasteiger charge is -2.19. The predicted octanol–water partition coefficient (Wildman–Crippen LogP) is 3.80. The van der Waals surface area contributed by atoms with Crippen LogP contribution in [-0.2, 0) is 5.41 Å². The fourth-order valence-electron chi connectivity index (χ4n) is 1.26. The van der Waals surface area contributed by atoms with Crippen LogP contribution < -0.4 is 0 Å². The standard InChI is InChI=1S/C13H19N/c1-6-10(2)12-9-11(7-8-14-12)13(3,4)5/h6-9H,1-5H3/b10-6+. The van der Waals surface area contributed by atoms with Crippen molar-refractivity contribution in [3.63, 3.8) is 0 Å². The van der Waals surface area contributed by atoms with E-state index in [2.05, 4.69) is 50.9 Å². The predicted molar refractivity (Wildman–Crippen MR) is 62.3 cm³/mol. The van der Waals surface area contributed by atoms with Crippen LogP contribution in [0.3, 0.4) is 0 Å². The molecule has 0 aliphatic carbocycles. The van der Waals surface area contributed by atoms with E-state index in [1.165, 1.54) is 11.1 Å². The van der Waals surface area contributed by atoms with Crippen molar-refractivity contribution in [3.8, 4) is 0 Å². The number of hydrogen-bond donors (Lipinski definition) is 0. The molecule has 0 bridgehead atoms. The van der Waals surface area contributed by atoms with Gasteiger partial charge in [-0.3, -0.25) is 4.98 Å². The molecule has 14 heavy (non-hydrogen) atoms. The molecule has 1 rings (SSSR count). The van der Waals surface area contributed by atoms with Crippen molar-refractivity contribution >= 4 is 5.57 Å². The first-order chi connectivity index (χ1) is 6.45. The van der Waals surface area contributed by atoms with Crippen LogP contribution in [-0.4, -0.2) is 4.98 Å². The van der Waals surface area contributed by atoms with Gasteiger partial charge in [-0.25, -0.2) is 0 Å². The van der Waals surface area contributed by atoms with E-state index in [1.807, 2.05) is 13.1 Å². The van der Waals surface area contributed by atoms with E-state index in [4.69, 9.17) is 0 Å². The van der Waals surface area contributed by atoms with Crippen molar-refractivity contribution in [3.05, 3.63) is 35.7 Å². The highest BCUT2D eigenvalue weighted by Gasteiger charge is 2.14. The number of nitrogens with zero attached hydrogens (tertiary/aromatic N) is 1. The van der Waals surface area contributed by atoms with E-state index in [0.717, 1.165) is 5.69 Å². The SMILES string of the molecule is C/C=C(\C)c1cc(C(C)(C)C)ccn1. The molecule has 0 radical (unpaired) electrons. The van der Waals surface area contributed by atoms with E-state index in [1.54, 1.807) is 0 Å². The smallest absolute Gasteiger partial charge is 0.0658 e. The highest BCUT2D eigenvalue weighted by Crippen LogP contribution is 2.23. The molecule has 1 heteroatoms. The summed E-state index contributed by atoms with van der Waals surface area (Å²) >= 11 is 0. The second-order valence-electron chi connectivity index (χ2n) is 4.65. The van der Waals surface area contributed by atoms with Gasteiger partial charge in [0.1, 0.15) is 0 Å². The van der Waals surface area contributed by atoms with Gasteiger partial charge in [0.2, 0.25) is 0 Å². The largest absolute Gasteiger partial charge is 0.257 e. The average Bonchev–Trinajstić information content (AvgIpc) is 2.15. The molecule has 1 nitrogen and oxygen atoms in total. The summed E-state index contributed by atoms with van der Waals surface area (Å²) in [5.74, 6) is 0. The Kier molecular flexibility index (Phi) is 3.10. The Bertz CT molecular complexity index is 342. The molecule has 0 unspecified atom stereocenters. The van der Waals surface area contributed by atoms with Crippen molar-refractivity contribution < 1.29 is 0 Å². The Labute approximate surface area is 86.9 Å². The van der Waals surface area contributed by atoms with Crippen molar-refractivity contribution in [2.24, 2.45) is 0 Å². The van der Waals surface area contributed by atoms with Gasteiger partial charge in [0.05, 0.1) is 5.69 Å². The van der Waals surface area contributed by atoms with Crippen LogP contribution in [0.2, 0.25) is 0 Å². The van der Waals surface area contributed by atoms with Gasteiger partial charge in [0.25, 0.3) is 0 Å². The van der Waals surface area contributed by atoms with Gasteiger partial charge in [-0.05, 0) is 42.5 Å². The first kappa shape index (κ1) is 11.0. The third-order valence-corrected chi connectivity index (χ3v) is 2.46. The van der Waals surface area contributed by atoms with Crippen LogP contribution in [0.1, 0.15) is 45.9 Å². The molecule has 1 aromatic rings. The first-order valence-electron chi connectivity index (χ1n) is 5.05. The molecule has 0 aliphatic heterocycles. The van der Waals surface area contributed by atoms with Crippen LogP contribution in [0.4, 0.5) is 0 Å². The Morgan fingerprint density at radius 1 is 1.36 bits per heavy atom. The molecule has 0 aliphatic rings. The van der Waals surface area contributed by atoms with Crippen LogP contribution in [0.15, 0.2) is 24.4 Å². The van der Waals surface area contributed by atoms with Gasteiger partial charge in [-0.15, -0.1) is 0 Å². The lowest BCUT2D eigenvalue weighted by atomic mass is 9.87. The summed E-state index contributed by atoms with van der Waals surface area (Å²) in [4.78, 5) is 4.36. The average molecular weight is 189 g/mol. The summed E-state index contributed by atoms with van der Waals surface area (Å²) in [5, 5.41) is 0. The van der Waals surface area contributed by atoms with E-state index in [0.29, 0.717) is 0 Å². The van der Waals surface area contributed by atoms with Crippen molar-refractivity contribution in [2.45, 2.75) is 40.0 Å². The molecule has 76 valence electrons. The molecular weight excluding hydrogens is 170 g/mol. The molecule has 1 aromatic heterocycles. The molecular formula is C13H19N. The summed E-state index contributed by atoms with van der Waals surface area (Å²) in [6.45, 7) is 10.8. The molecule has 0 spiro atoms. The van der Waals surface area contributed by atoms with E-state index < -0.39 is 0 Å². The highest BCUT2D eigenvalue weighted by molar-refractivity contribution is 5.60. The van der Waals surface area contributed by atoms with Crippen molar-refractivity contribution in [1.29, 1.82) is 0 Å². The maximum absolute atomic E-state index is 4.36. The van der Waals surface area contributed by atoms with E-state index in [9.17, 15) is 0 Å². The van der Waals surface area contributed by atoms with Crippen molar-refractivity contribution in [2.75, 3.05) is 0 Å². The van der Waals surface area contributed by atoms with E-state index >= 15 is 0 Å². The minimum Gasteiger partial charge on any atom is -0.257 e. The normalized spacial score (nSPS) is 13.1. The Balaban J connectivity index is 3.14. The summed E-state index contributed by atoms with van der Waals surface area (Å²) in [5.41, 5.74) is 3.85. The zero-order valence-corrected chi connectivity index (χ0v) is 9.76. The van der Waals surface area contributed by atoms with Gasteiger partial charge in [0, 0.05) is 6.20 Å². The number of allylic oxidation sites excluding steroid dienone is 2. The molecule has 0 atom stereocenters. The molecule has 0 N–H and O–H groups in total. The van der Waals surface area contributed by atoms with Crippen LogP contribution in [0.5, 0.6) is 0 Å². The molecule has 0 fully saturated rings. The second kappa shape index (κ2) is 3.95. The number of pyridine rings is 1. The highest BCUT2D eigenvalue weighted by atomic mass is 14.7. The van der Waals surface area contributed by atoms with E-state index in [-0.39, 0.29) is 5.41 Å². The van der Waals surface area contributed by atoms with Crippen LogP contribution in [0, 0.1) is 0 Å². The summed E-state index contributed by atoms with van der Waals surface area (Å²) in [6.07, 6.45) is 3.98. The quantitative estimate of drug-likeness (QED) is 0.654. The maximum Gasteiger partial charge on any atom is 0.0658 e. The summed E-state index contributed by atoms with van der Waals surface area (Å²) in [6, 6.07) is 4.27. The fraction of sp³-hybridized carbons (Fsp3) is 0.462. The Morgan fingerprint density at radius 3 is 2.50 bits per heavy atom. The third-order valence-electron chi connectivity index (χ3n) is 2.46. The zero-order valence-electron chi connectivity index (χ0n) is 9.76. The van der Waals surface area contributed by atoms with Gasteiger partial charge < -0.3 is 0 Å². The molecule has 0 saturated carbocycles. The first-order valence-corrected chi connectivity index (χ1v) is 5.05. The maximum atomic E-state index is 4.36. The number of aromatic nitrogens is 1. The molecule has 0 saturated heterocycles. The lowest BCUT2D eigenvalue weighted by molar-refractivity contribution is 0.589. The Morgan fingerprint density at radius 2 is 2.00 bits per heavy atom. The minimum atomic E-state index is 0.200. The third kappa shape index (κ3) is 2.44. The van der Waals surface area contributed by atoms with Gasteiger partial charge in [-0.2, -0.15) is 0 Å². The van der Waals surface area contributed by atoms with Gasteiger partial charge in [-0.1, -0.05) is 26.8 Å². The second-order valence-corrected chi connectivity index (χ2v) is 4.65. The minimum absolute atomic E-state index is 0.200. The zero-order chi connectivity index (χ0) is 10.8. The molecule has 0 amide bonds. The summed E-state index contributed by atoms with van der Waals surface area (Å²) in [7, 11) is 0. The number of hydrogen-bond acceptors (Lipinski definition) is 1. The lowest BCUT2D eigenvalue weighted by Crippen LogP contribution is -2.11. The van der Waals surface area contributed by atoms with Crippen LogP contribution in [0.25, 0.3) is 5.57 Å². The van der Waals surface area contributed by atoms with Crippen LogP contribution >= 0.6 is 0 Å². The monoisotopic (exact) mass is 189 g/mol. The fourth-order valence-corrected chi connectivity index (χ4v) is 1.26. The topological polar surface area (TPSA) is 12.9 Å². The Hall–Kier alpha value is -1.11. The van der Waals surface area contributed by atoms with Gasteiger partial charge in [0.15, 0.2) is 0 Å². The molecule has 1 heterocycles. The van der Waals surface area contributed by atoms with Crippen molar-refractivity contribution in [1.82, 2.24) is 4.98 Å². The van der Waals surface area contributed by atoms with Gasteiger partial charge >= 0.3 is 0 Å². The molecule has 0 aromatic carbocycles.